The van der Waals surface area contributed by atoms with Gasteiger partial charge < -0.3 is 5.32 Å². The molecule has 0 aromatic heterocycles. The summed E-state index contributed by atoms with van der Waals surface area (Å²) in [6.45, 7) is 7.81. The maximum Gasteiger partial charge on any atom is 0.223 e. The molecule has 1 aliphatic heterocycles. The molecule has 2 rings (SSSR count). The lowest BCUT2D eigenvalue weighted by molar-refractivity contribution is -0.126. The van der Waals surface area contributed by atoms with Gasteiger partial charge in [-0.2, -0.15) is 0 Å². The molecule has 0 aliphatic carbocycles. The Morgan fingerprint density at radius 3 is 2.62 bits per heavy atom. The number of likely N-dealkylation sites (tertiary alicyclic amines) is 1. The molecule has 0 saturated carbocycles. The van der Waals surface area contributed by atoms with Crippen molar-refractivity contribution in [2.45, 2.75) is 33.2 Å². The van der Waals surface area contributed by atoms with E-state index in [9.17, 15) is 4.79 Å². The van der Waals surface area contributed by atoms with Gasteiger partial charge in [0.2, 0.25) is 5.91 Å². The van der Waals surface area contributed by atoms with E-state index < -0.39 is 0 Å². The Morgan fingerprint density at radius 1 is 1.33 bits per heavy atom. The van der Waals surface area contributed by atoms with E-state index in [4.69, 9.17) is 11.6 Å². The van der Waals surface area contributed by atoms with E-state index in [2.05, 4.69) is 30.1 Å². The third-order valence-electron chi connectivity index (χ3n) is 3.99. The molecule has 0 spiro atoms. The Bertz CT molecular complexity index is 468. The Kier molecular flexibility index (Phi) is 6.07. The van der Waals surface area contributed by atoms with Crippen LogP contribution in [0.3, 0.4) is 0 Å². The first-order valence-electron chi connectivity index (χ1n) is 7.79. The number of amides is 1. The number of benzene rings is 1. The van der Waals surface area contributed by atoms with Crippen molar-refractivity contribution in [3.05, 3.63) is 34.9 Å². The second-order valence-electron chi connectivity index (χ2n) is 6.28. The summed E-state index contributed by atoms with van der Waals surface area (Å²) in [7, 11) is 0. The lowest BCUT2D eigenvalue weighted by Crippen LogP contribution is -2.41. The fourth-order valence-electron chi connectivity index (χ4n) is 2.67. The average Bonchev–Trinajstić information content (AvgIpc) is 2.48. The zero-order valence-electron chi connectivity index (χ0n) is 12.9. The summed E-state index contributed by atoms with van der Waals surface area (Å²) in [5, 5.41) is 3.87. The van der Waals surface area contributed by atoms with E-state index in [0.717, 1.165) is 44.0 Å². The minimum absolute atomic E-state index is 0.172. The van der Waals surface area contributed by atoms with Crippen LogP contribution in [0.4, 0.5) is 0 Å². The lowest BCUT2D eigenvalue weighted by Gasteiger charge is -2.31. The summed E-state index contributed by atoms with van der Waals surface area (Å²) >= 11 is 6.20. The monoisotopic (exact) mass is 308 g/mol. The molecule has 1 aliphatic rings. The highest BCUT2D eigenvalue weighted by molar-refractivity contribution is 6.31. The fraction of sp³-hybridized carbons (Fsp3) is 0.588. The van der Waals surface area contributed by atoms with Crippen LogP contribution in [0.5, 0.6) is 0 Å². The van der Waals surface area contributed by atoms with Crippen LogP contribution in [0.15, 0.2) is 24.3 Å². The molecular weight excluding hydrogens is 284 g/mol. The van der Waals surface area contributed by atoms with Crippen LogP contribution in [0.1, 0.15) is 32.3 Å². The van der Waals surface area contributed by atoms with Gasteiger partial charge in [-0.05, 0) is 43.5 Å². The molecule has 0 unspecified atom stereocenters. The molecule has 1 aromatic rings. The summed E-state index contributed by atoms with van der Waals surface area (Å²) in [5.74, 6) is 0.904. The summed E-state index contributed by atoms with van der Waals surface area (Å²) in [6, 6.07) is 7.98. The van der Waals surface area contributed by atoms with Gasteiger partial charge in [-0.15, -0.1) is 0 Å². The van der Waals surface area contributed by atoms with Crippen molar-refractivity contribution in [2.24, 2.45) is 11.8 Å². The van der Waals surface area contributed by atoms with Crippen LogP contribution >= 0.6 is 11.6 Å². The highest BCUT2D eigenvalue weighted by Crippen LogP contribution is 2.22. The molecule has 116 valence electrons. The second-order valence-corrected chi connectivity index (χ2v) is 6.69. The van der Waals surface area contributed by atoms with Gasteiger partial charge in [0.05, 0.1) is 0 Å². The number of piperidine rings is 1. The standard InChI is InChI=1S/C17H25ClN2O/c1-13(2)11-19-17(21)14-7-9-20(10-8-14)12-15-5-3-4-6-16(15)18/h3-6,13-14H,7-12H2,1-2H3,(H,19,21). The highest BCUT2D eigenvalue weighted by atomic mass is 35.5. The van der Waals surface area contributed by atoms with E-state index >= 15 is 0 Å². The fourth-order valence-corrected chi connectivity index (χ4v) is 2.87. The molecule has 0 bridgehead atoms. The molecule has 1 heterocycles. The minimum Gasteiger partial charge on any atom is -0.356 e. The van der Waals surface area contributed by atoms with Crippen molar-refractivity contribution in [1.29, 1.82) is 0 Å². The van der Waals surface area contributed by atoms with Crippen LogP contribution in [0.2, 0.25) is 5.02 Å². The zero-order valence-corrected chi connectivity index (χ0v) is 13.7. The third-order valence-corrected chi connectivity index (χ3v) is 4.36. The highest BCUT2D eigenvalue weighted by Gasteiger charge is 2.25. The van der Waals surface area contributed by atoms with Crippen LogP contribution in [-0.2, 0) is 11.3 Å². The molecule has 1 N–H and O–H groups in total. The number of hydrogen-bond donors (Lipinski definition) is 1. The topological polar surface area (TPSA) is 32.3 Å². The van der Waals surface area contributed by atoms with Gasteiger partial charge in [-0.1, -0.05) is 43.6 Å². The normalized spacial score (nSPS) is 17.1. The van der Waals surface area contributed by atoms with Crippen molar-refractivity contribution in [2.75, 3.05) is 19.6 Å². The van der Waals surface area contributed by atoms with Gasteiger partial charge in [-0.3, -0.25) is 9.69 Å². The van der Waals surface area contributed by atoms with E-state index in [1.807, 2.05) is 18.2 Å². The smallest absolute Gasteiger partial charge is 0.223 e. The van der Waals surface area contributed by atoms with Crippen molar-refractivity contribution in [3.8, 4) is 0 Å². The number of carbonyl (C=O) groups is 1. The SMILES string of the molecule is CC(C)CNC(=O)C1CCN(Cc2ccccc2Cl)CC1. The molecule has 0 atom stereocenters. The maximum absolute atomic E-state index is 12.1. The summed E-state index contributed by atoms with van der Waals surface area (Å²) < 4.78 is 0. The summed E-state index contributed by atoms with van der Waals surface area (Å²) in [4.78, 5) is 14.5. The molecule has 1 saturated heterocycles. The van der Waals surface area contributed by atoms with E-state index in [1.165, 1.54) is 5.56 Å². The third kappa shape index (κ3) is 5.01. The Hall–Kier alpha value is -1.06. The first kappa shape index (κ1) is 16.3. The second kappa shape index (κ2) is 7.81. The maximum atomic E-state index is 12.1. The number of hydrogen-bond acceptors (Lipinski definition) is 2. The van der Waals surface area contributed by atoms with Gasteiger partial charge in [-0.25, -0.2) is 0 Å². The first-order chi connectivity index (χ1) is 10.1. The van der Waals surface area contributed by atoms with E-state index in [1.54, 1.807) is 0 Å². The van der Waals surface area contributed by atoms with Gasteiger partial charge in [0.25, 0.3) is 0 Å². The van der Waals surface area contributed by atoms with Crippen LogP contribution < -0.4 is 5.32 Å². The number of rotatable bonds is 5. The Morgan fingerprint density at radius 2 is 2.00 bits per heavy atom. The number of halogens is 1. The van der Waals surface area contributed by atoms with Crippen molar-refractivity contribution < 1.29 is 4.79 Å². The summed E-state index contributed by atoms with van der Waals surface area (Å²) in [5.41, 5.74) is 1.17. The number of nitrogens with zero attached hydrogens (tertiary/aromatic N) is 1. The molecule has 1 aromatic carbocycles. The van der Waals surface area contributed by atoms with Crippen LogP contribution in [-0.4, -0.2) is 30.4 Å². The molecule has 1 fully saturated rings. The largest absolute Gasteiger partial charge is 0.356 e. The zero-order chi connectivity index (χ0) is 15.2. The molecule has 0 radical (unpaired) electrons. The van der Waals surface area contributed by atoms with Gasteiger partial charge in [0.15, 0.2) is 0 Å². The van der Waals surface area contributed by atoms with E-state index in [-0.39, 0.29) is 11.8 Å². The summed E-state index contributed by atoms with van der Waals surface area (Å²) in [6.07, 6.45) is 1.88. The quantitative estimate of drug-likeness (QED) is 0.905. The molecule has 1 amide bonds. The number of nitrogens with one attached hydrogen (secondary N) is 1. The Labute approximate surface area is 132 Å². The predicted molar refractivity (Wildman–Crippen MR) is 87.3 cm³/mol. The van der Waals surface area contributed by atoms with Gasteiger partial charge in [0.1, 0.15) is 0 Å². The van der Waals surface area contributed by atoms with Crippen molar-refractivity contribution >= 4 is 17.5 Å². The molecule has 3 nitrogen and oxygen atoms in total. The van der Waals surface area contributed by atoms with Crippen molar-refractivity contribution in [3.63, 3.8) is 0 Å². The van der Waals surface area contributed by atoms with Crippen LogP contribution in [0.25, 0.3) is 0 Å². The van der Waals surface area contributed by atoms with Crippen LogP contribution in [0, 0.1) is 11.8 Å². The van der Waals surface area contributed by atoms with Gasteiger partial charge >= 0.3 is 0 Å². The lowest BCUT2D eigenvalue weighted by atomic mass is 9.95. The molecule has 4 heteroatoms. The van der Waals surface area contributed by atoms with Gasteiger partial charge in [0, 0.05) is 24.0 Å². The first-order valence-corrected chi connectivity index (χ1v) is 8.17. The molecule has 21 heavy (non-hydrogen) atoms. The average molecular weight is 309 g/mol. The number of carbonyl (C=O) groups excluding carboxylic acids is 1. The van der Waals surface area contributed by atoms with E-state index in [0.29, 0.717) is 5.92 Å². The minimum atomic E-state index is 0.172. The molecular formula is C17H25ClN2O. The van der Waals surface area contributed by atoms with Crippen molar-refractivity contribution in [1.82, 2.24) is 10.2 Å². The Balaban J connectivity index is 1.78. The predicted octanol–water partition coefficient (Wildman–Crippen LogP) is 3.32.